The molecule has 1 aromatic carbocycles. The fourth-order valence-electron chi connectivity index (χ4n) is 1.81. The van der Waals surface area contributed by atoms with Gasteiger partial charge in [-0.05, 0) is 43.4 Å². The van der Waals surface area contributed by atoms with Crippen molar-refractivity contribution in [3.8, 4) is 0 Å². The van der Waals surface area contributed by atoms with Crippen LogP contribution in [0.2, 0.25) is 0 Å². The van der Waals surface area contributed by atoms with Gasteiger partial charge < -0.3 is 21.5 Å². The second-order valence-corrected chi connectivity index (χ2v) is 4.96. The number of primary amides is 1. The number of ether oxygens (including phenoxy) is 1. The zero-order valence-corrected chi connectivity index (χ0v) is 11.0. The minimum atomic E-state index is -0.466. The molecule has 5 nitrogen and oxygen atoms in total. The first-order valence-electron chi connectivity index (χ1n) is 6.68. The summed E-state index contributed by atoms with van der Waals surface area (Å²) in [7, 11) is 0. The summed E-state index contributed by atoms with van der Waals surface area (Å²) in [6, 6.07) is 5.04. The van der Waals surface area contributed by atoms with E-state index in [1.165, 1.54) is 12.8 Å². The highest BCUT2D eigenvalue weighted by Gasteiger charge is 2.20. The maximum Gasteiger partial charge on any atom is 0.248 e. The fourth-order valence-corrected chi connectivity index (χ4v) is 1.81. The van der Waals surface area contributed by atoms with Gasteiger partial charge in [-0.15, -0.1) is 0 Å². The summed E-state index contributed by atoms with van der Waals surface area (Å²) in [6.45, 7) is 2.46. The van der Waals surface area contributed by atoms with Crippen molar-refractivity contribution in [1.82, 2.24) is 0 Å². The van der Waals surface area contributed by atoms with E-state index in [0.717, 1.165) is 37.8 Å². The monoisotopic (exact) mass is 263 g/mol. The van der Waals surface area contributed by atoms with Crippen molar-refractivity contribution in [2.24, 2.45) is 11.7 Å². The Morgan fingerprint density at radius 1 is 1.42 bits per heavy atom. The van der Waals surface area contributed by atoms with E-state index in [1.54, 1.807) is 18.2 Å². The highest BCUT2D eigenvalue weighted by atomic mass is 16.5. The van der Waals surface area contributed by atoms with E-state index in [4.69, 9.17) is 16.2 Å². The van der Waals surface area contributed by atoms with Crippen LogP contribution in [0.15, 0.2) is 18.2 Å². The molecule has 1 aromatic rings. The van der Waals surface area contributed by atoms with E-state index >= 15 is 0 Å². The Hall–Kier alpha value is -1.75. The molecule has 0 aromatic heterocycles. The molecule has 0 unspecified atom stereocenters. The molecule has 0 spiro atoms. The first-order valence-corrected chi connectivity index (χ1v) is 6.68. The number of anilines is 2. The SMILES string of the molecule is NC(=O)c1ccc(NCCCOCC2CC2)c(N)c1. The molecule has 2 rings (SSSR count). The van der Waals surface area contributed by atoms with Crippen LogP contribution in [0.25, 0.3) is 0 Å². The lowest BCUT2D eigenvalue weighted by atomic mass is 10.1. The van der Waals surface area contributed by atoms with Crippen LogP contribution in [0.1, 0.15) is 29.6 Å². The van der Waals surface area contributed by atoms with Crippen LogP contribution in [0.4, 0.5) is 11.4 Å². The van der Waals surface area contributed by atoms with Gasteiger partial charge in [-0.1, -0.05) is 0 Å². The predicted octanol–water partition coefficient (Wildman–Crippen LogP) is 1.60. The van der Waals surface area contributed by atoms with Crippen molar-refractivity contribution < 1.29 is 9.53 Å². The molecule has 1 fully saturated rings. The quantitative estimate of drug-likeness (QED) is 0.491. The molecule has 0 heterocycles. The molecule has 104 valence electrons. The average Bonchev–Trinajstić information content (AvgIpc) is 3.19. The van der Waals surface area contributed by atoms with E-state index < -0.39 is 5.91 Å². The molecule has 1 aliphatic rings. The molecule has 5 N–H and O–H groups in total. The van der Waals surface area contributed by atoms with E-state index in [-0.39, 0.29) is 0 Å². The molecule has 0 aliphatic heterocycles. The number of carbonyl (C=O) groups excluding carboxylic acids is 1. The molecule has 0 radical (unpaired) electrons. The van der Waals surface area contributed by atoms with Crippen LogP contribution in [-0.4, -0.2) is 25.7 Å². The largest absolute Gasteiger partial charge is 0.397 e. The van der Waals surface area contributed by atoms with E-state index in [9.17, 15) is 4.79 Å². The lowest BCUT2D eigenvalue weighted by molar-refractivity contribution is 0.100. The topological polar surface area (TPSA) is 90.4 Å². The van der Waals surface area contributed by atoms with Gasteiger partial charge in [0.1, 0.15) is 0 Å². The minimum Gasteiger partial charge on any atom is -0.397 e. The number of hydrogen-bond donors (Lipinski definition) is 3. The molecular formula is C14H21N3O2. The van der Waals surface area contributed by atoms with Crippen molar-refractivity contribution in [1.29, 1.82) is 0 Å². The zero-order chi connectivity index (χ0) is 13.7. The Bertz CT molecular complexity index is 444. The van der Waals surface area contributed by atoms with Crippen molar-refractivity contribution in [2.45, 2.75) is 19.3 Å². The Morgan fingerprint density at radius 2 is 2.21 bits per heavy atom. The smallest absolute Gasteiger partial charge is 0.248 e. The van der Waals surface area contributed by atoms with E-state index in [1.807, 2.05) is 0 Å². The van der Waals surface area contributed by atoms with Crippen molar-refractivity contribution in [3.05, 3.63) is 23.8 Å². The maximum absolute atomic E-state index is 11.0. The number of benzene rings is 1. The minimum absolute atomic E-state index is 0.427. The summed E-state index contributed by atoms with van der Waals surface area (Å²) in [4.78, 5) is 11.0. The second-order valence-electron chi connectivity index (χ2n) is 4.96. The molecule has 0 atom stereocenters. The second kappa shape index (κ2) is 6.43. The van der Waals surface area contributed by atoms with Gasteiger partial charge in [-0.2, -0.15) is 0 Å². The summed E-state index contributed by atoms with van der Waals surface area (Å²) in [6.07, 6.45) is 3.58. The van der Waals surface area contributed by atoms with Gasteiger partial charge >= 0.3 is 0 Å². The fraction of sp³-hybridized carbons (Fsp3) is 0.500. The number of amides is 1. The first kappa shape index (κ1) is 13.7. The van der Waals surface area contributed by atoms with Crippen LogP contribution in [-0.2, 0) is 4.74 Å². The third kappa shape index (κ3) is 4.44. The summed E-state index contributed by atoms with van der Waals surface area (Å²) >= 11 is 0. The van der Waals surface area contributed by atoms with Crippen molar-refractivity contribution in [3.63, 3.8) is 0 Å². The van der Waals surface area contributed by atoms with Crippen LogP contribution >= 0.6 is 0 Å². The Morgan fingerprint density at radius 3 is 2.84 bits per heavy atom. The van der Waals surface area contributed by atoms with E-state index in [0.29, 0.717) is 11.3 Å². The number of carbonyl (C=O) groups is 1. The number of nitrogen functional groups attached to an aromatic ring is 1. The highest BCUT2D eigenvalue weighted by molar-refractivity contribution is 5.94. The number of rotatable bonds is 8. The number of nitrogens with one attached hydrogen (secondary N) is 1. The lowest BCUT2D eigenvalue weighted by Crippen LogP contribution is -2.12. The van der Waals surface area contributed by atoms with Gasteiger partial charge in [-0.25, -0.2) is 0 Å². The molecular weight excluding hydrogens is 242 g/mol. The summed E-state index contributed by atoms with van der Waals surface area (Å²) in [5.74, 6) is 0.344. The van der Waals surface area contributed by atoms with Crippen LogP contribution < -0.4 is 16.8 Å². The first-order chi connectivity index (χ1) is 9.16. The molecule has 0 saturated heterocycles. The number of nitrogens with two attached hydrogens (primary N) is 2. The normalized spacial score (nSPS) is 14.3. The summed E-state index contributed by atoms with van der Waals surface area (Å²) < 4.78 is 5.54. The highest BCUT2D eigenvalue weighted by Crippen LogP contribution is 2.28. The molecule has 5 heteroatoms. The Labute approximate surface area is 113 Å². The van der Waals surface area contributed by atoms with Gasteiger partial charge in [-0.3, -0.25) is 4.79 Å². The third-order valence-corrected chi connectivity index (χ3v) is 3.17. The van der Waals surface area contributed by atoms with Gasteiger partial charge in [0.2, 0.25) is 5.91 Å². The molecule has 19 heavy (non-hydrogen) atoms. The third-order valence-electron chi connectivity index (χ3n) is 3.17. The van der Waals surface area contributed by atoms with Gasteiger partial charge in [0.05, 0.1) is 11.4 Å². The van der Waals surface area contributed by atoms with Crippen LogP contribution in [0.3, 0.4) is 0 Å². The summed E-state index contributed by atoms with van der Waals surface area (Å²) in [5.41, 5.74) is 12.8. The molecule has 1 amide bonds. The van der Waals surface area contributed by atoms with Crippen LogP contribution in [0.5, 0.6) is 0 Å². The standard InChI is InChI=1S/C14H21N3O2/c15-12-8-11(14(16)18)4-5-13(12)17-6-1-7-19-9-10-2-3-10/h4-5,8,10,17H,1-3,6-7,9,15H2,(H2,16,18). The van der Waals surface area contributed by atoms with Gasteiger partial charge in [0, 0.05) is 25.3 Å². The van der Waals surface area contributed by atoms with Gasteiger partial charge in [0.25, 0.3) is 0 Å². The van der Waals surface area contributed by atoms with Gasteiger partial charge in [0.15, 0.2) is 0 Å². The molecule has 1 aliphatic carbocycles. The van der Waals surface area contributed by atoms with Crippen LogP contribution in [0, 0.1) is 5.92 Å². The average molecular weight is 263 g/mol. The lowest BCUT2D eigenvalue weighted by Gasteiger charge is -2.10. The molecule has 0 bridgehead atoms. The van der Waals surface area contributed by atoms with Crippen molar-refractivity contribution in [2.75, 3.05) is 30.8 Å². The molecule has 1 saturated carbocycles. The Kier molecular flexibility index (Phi) is 4.63. The van der Waals surface area contributed by atoms with E-state index in [2.05, 4.69) is 5.32 Å². The maximum atomic E-state index is 11.0. The Balaban J connectivity index is 1.68. The van der Waals surface area contributed by atoms with Crippen molar-refractivity contribution >= 4 is 17.3 Å². The summed E-state index contributed by atoms with van der Waals surface area (Å²) in [5, 5.41) is 3.23. The predicted molar refractivity (Wildman–Crippen MR) is 76.0 cm³/mol. The number of hydrogen-bond acceptors (Lipinski definition) is 4. The zero-order valence-electron chi connectivity index (χ0n) is 11.0.